The molecule has 2 nitrogen and oxygen atoms in total. The third-order valence-electron chi connectivity index (χ3n) is 2.17. The lowest BCUT2D eigenvalue weighted by molar-refractivity contribution is 0.508. The van der Waals surface area contributed by atoms with E-state index in [9.17, 15) is 0 Å². The van der Waals surface area contributed by atoms with Gasteiger partial charge in [-0.05, 0) is 38.0 Å². The first-order chi connectivity index (χ1) is 4.68. The molecule has 0 heterocycles. The Kier molecular flexibility index (Phi) is 2.75. The van der Waals surface area contributed by atoms with Gasteiger partial charge in [0.25, 0.3) is 0 Å². The van der Waals surface area contributed by atoms with Crippen molar-refractivity contribution in [2.75, 3.05) is 0 Å². The third kappa shape index (κ3) is 2.31. The molecular weight excluding hydrogens is 125 g/mol. The molecular formula is C7H16BNO. The van der Waals surface area contributed by atoms with Crippen molar-refractivity contribution in [2.45, 2.75) is 39.1 Å². The fraction of sp³-hybridized carbons (Fsp3) is 1.00. The topological polar surface area (TPSA) is 32.3 Å². The summed E-state index contributed by atoms with van der Waals surface area (Å²) in [5.41, 5.74) is 0. The van der Waals surface area contributed by atoms with Crippen LogP contribution in [0.3, 0.4) is 0 Å². The lowest BCUT2D eigenvalue weighted by Crippen LogP contribution is -2.38. The van der Waals surface area contributed by atoms with E-state index in [4.69, 9.17) is 5.02 Å². The molecule has 0 unspecified atom stereocenters. The van der Waals surface area contributed by atoms with E-state index in [0.29, 0.717) is 6.04 Å². The molecule has 0 radical (unpaired) electrons. The summed E-state index contributed by atoms with van der Waals surface area (Å²) >= 11 is 0. The number of hydrogen-bond acceptors (Lipinski definition) is 2. The van der Waals surface area contributed by atoms with Crippen LogP contribution in [0.25, 0.3) is 0 Å². The van der Waals surface area contributed by atoms with Gasteiger partial charge in [0.15, 0.2) is 0 Å². The molecule has 1 rings (SSSR count). The van der Waals surface area contributed by atoms with Crippen molar-refractivity contribution >= 4 is 7.05 Å². The maximum Gasteiger partial charge on any atom is 0.373 e. The van der Waals surface area contributed by atoms with Crippen LogP contribution < -0.4 is 5.23 Å². The molecule has 0 saturated heterocycles. The van der Waals surface area contributed by atoms with Crippen molar-refractivity contribution in [2.24, 2.45) is 5.92 Å². The molecule has 2 atom stereocenters. The van der Waals surface area contributed by atoms with Crippen LogP contribution in [0.1, 0.15) is 26.2 Å². The number of nitrogens with one attached hydrogen (secondary N) is 1. The van der Waals surface area contributed by atoms with Gasteiger partial charge in [0.05, 0.1) is 0 Å². The molecule has 1 aliphatic carbocycles. The second-order valence-electron chi connectivity index (χ2n) is 3.46. The summed E-state index contributed by atoms with van der Waals surface area (Å²) in [6.45, 7) is 4.05. The van der Waals surface area contributed by atoms with Gasteiger partial charge in [-0.2, -0.15) is 0 Å². The predicted molar refractivity (Wildman–Crippen MR) is 43.8 cm³/mol. The van der Waals surface area contributed by atoms with Crippen LogP contribution in [0.4, 0.5) is 0 Å². The normalized spacial score (nSPS) is 32.7. The molecule has 0 aliphatic heterocycles. The molecule has 58 valence electrons. The van der Waals surface area contributed by atoms with Gasteiger partial charge in [-0.15, -0.1) is 0 Å². The molecule has 0 amide bonds. The van der Waals surface area contributed by atoms with Gasteiger partial charge in [-0.25, -0.2) is 0 Å². The lowest BCUT2D eigenvalue weighted by atomic mass is 9.87. The van der Waals surface area contributed by atoms with Gasteiger partial charge in [0.1, 0.15) is 0 Å². The first-order valence-electron chi connectivity index (χ1n) is 4.12. The van der Waals surface area contributed by atoms with Gasteiger partial charge in [-0.3, -0.25) is 0 Å². The molecule has 1 saturated carbocycles. The third-order valence-corrected chi connectivity index (χ3v) is 2.17. The number of hydrogen-bond donors (Lipinski definition) is 2. The Morgan fingerprint density at radius 1 is 1.50 bits per heavy atom. The minimum Gasteiger partial charge on any atom is -0.437 e. The van der Waals surface area contributed by atoms with Crippen molar-refractivity contribution in [3.8, 4) is 0 Å². The summed E-state index contributed by atoms with van der Waals surface area (Å²) in [5.74, 6) is 0.844. The fourth-order valence-corrected chi connectivity index (χ4v) is 1.70. The lowest BCUT2D eigenvalue weighted by Gasteiger charge is -2.11. The standard InChI is InChI=1S/C7H16BNO/c1-6-3-4-7(5-6)9-8(2)10/h6-7,9-10H,3-5H2,1-2H3/t6-,7+/m1/s1. The first kappa shape index (κ1) is 8.09. The maximum atomic E-state index is 8.99. The molecule has 0 aromatic carbocycles. The van der Waals surface area contributed by atoms with E-state index in [1.807, 2.05) is 0 Å². The highest BCUT2D eigenvalue weighted by molar-refractivity contribution is 6.45. The second kappa shape index (κ2) is 3.40. The van der Waals surface area contributed by atoms with Crippen LogP contribution in [0, 0.1) is 5.92 Å². The zero-order chi connectivity index (χ0) is 7.56. The van der Waals surface area contributed by atoms with Gasteiger partial charge in [0, 0.05) is 0 Å². The van der Waals surface area contributed by atoms with E-state index >= 15 is 0 Å². The SMILES string of the molecule is CB(O)N[C@H]1CC[C@@H](C)C1. The van der Waals surface area contributed by atoms with E-state index in [2.05, 4.69) is 12.2 Å². The summed E-state index contributed by atoms with van der Waals surface area (Å²) < 4.78 is 0. The largest absolute Gasteiger partial charge is 0.437 e. The van der Waals surface area contributed by atoms with Gasteiger partial charge >= 0.3 is 7.05 Å². The highest BCUT2D eigenvalue weighted by Crippen LogP contribution is 2.24. The van der Waals surface area contributed by atoms with Crippen molar-refractivity contribution in [3.63, 3.8) is 0 Å². The van der Waals surface area contributed by atoms with E-state index in [1.165, 1.54) is 19.3 Å². The van der Waals surface area contributed by atoms with E-state index in [-0.39, 0.29) is 7.05 Å². The molecule has 0 aromatic heterocycles. The first-order valence-corrected chi connectivity index (χ1v) is 4.12. The van der Waals surface area contributed by atoms with E-state index in [0.717, 1.165) is 5.92 Å². The van der Waals surface area contributed by atoms with Crippen molar-refractivity contribution < 1.29 is 5.02 Å². The Labute approximate surface area is 63.1 Å². The quantitative estimate of drug-likeness (QED) is 0.559. The van der Waals surface area contributed by atoms with Crippen molar-refractivity contribution in [3.05, 3.63) is 0 Å². The van der Waals surface area contributed by atoms with Crippen LogP contribution in [0.5, 0.6) is 0 Å². The van der Waals surface area contributed by atoms with E-state index in [1.54, 1.807) is 6.82 Å². The van der Waals surface area contributed by atoms with Crippen LogP contribution in [0.15, 0.2) is 0 Å². The molecule has 1 aliphatic rings. The molecule has 2 N–H and O–H groups in total. The Morgan fingerprint density at radius 2 is 2.20 bits per heavy atom. The predicted octanol–water partition coefficient (Wildman–Crippen LogP) is 0.875. The molecule has 0 bridgehead atoms. The summed E-state index contributed by atoms with van der Waals surface area (Å²) in [4.78, 5) is 0. The van der Waals surface area contributed by atoms with Crippen molar-refractivity contribution in [1.29, 1.82) is 0 Å². The Bertz CT molecular complexity index is 108. The zero-order valence-electron chi connectivity index (χ0n) is 6.80. The van der Waals surface area contributed by atoms with Crippen LogP contribution >= 0.6 is 0 Å². The minimum absolute atomic E-state index is 0.338. The number of rotatable bonds is 2. The van der Waals surface area contributed by atoms with Gasteiger partial charge in [0.2, 0.25) is 0 Å². The smallest absolute Gasteiger partial charge is 0.373 e. The molecule has 0 aromatic rings. The second-order valence-corrected chi connectivity index (χ2v) is 3.46. The van der Waals surface area contributed by atoms with Crippen LogP contribution in [-0.4, -0.2) is 18.1 Å². The maximum absolute atomic E-state index is 8.99. The summed E-state index contributed by atoms with van der Waals surface area (Å²) in [5, 5.41) is 12.1. The zero-order valence-corrected chi connectivity index (χ0v) is 6.80. The summed E-state index contributed by atoms with van der Waals surface area (Å²) in [7, 11) is -0.338. The van der Waals surface area contributed by atoms with E-state index < -0.39 is 0 Å². The van der Waals surface area contributed by atoms with Crippen LogP contribution in [0.2, 0.25) is 6.82 Å². The fourth-order valence-electron chi connectivity index (χ4n) is 1.70. The summed E-state index contributed by atoms with van der Waals surface area (Å²) in [6, 6.07) is 0.565. The Hall–Kier alpha value is -0.0151. The van der Waals surface area contributed by atoms with Crippen molar-refractivity contribution in [1.82, 2.24) is 5.23 Å². The average molecular weight is 141 g/mol. The van der Waals surface area contributed by atoms with Gasteiger partial charge < -0.3 is 10.3 Å². The van der Waals surface area contributed by atoms with Gasteiger partial charge in [-0.1, -0.05) is 6.92 Å². The Morgan fingerprint density at radius 3 is 2.60 bits per heavy atom. The minimum atomic E-state index is -0.338. The molecule has 10 heavy (non-hydrogen) atoms. The monoisotopic (exact) mass is 141 g/mol. The summed E-state index contributed by atoms with van der Waals surface area (Å²) in [6.07, 6.45) is 3.77. The highest BCUT2D eigenvalue weighted by Gasteiger charge is 2.22. The Balaban J connectivity index is 2.18. The molecule has 3 heteroatoms. The van der Waals surface area contributed by atoms with Crippen LogP contribution in [-0.2, 0) is 0 Å². The highest BCUT2D eigenvalue weighted by atomic mass is 16.2. The average Bonchev–Trinajstić information content (AvgIpc) is 2.13. The molecule has 0 spiro atoms. The molecule has 1 fully saturated rings.